The van der Waals surface area contributed by atoms with Crippen molar-refractivity contribution < 1.29 is 14.7 Å². The SMILES string of the molecule is CC.CO/N=C(/C)c1ccc(CC(NC(C)C)C(=O)O)cc1. The molecule has 0 aliphatic carbocycles. The molecule has 0 aliphatic rings. The Kier molecular flexibility index (Phi) is 9.87. The second-order valence-corrected chi connectivity index (χ2v) is 4.97. The van der Waals surface area contributed by atoms with Crippen molar-refractivity contribution in [2.75, 3.05) is 7.11 Å². The smallest absolute Gasteiger partial charge is 0.321 e. The number of carbonyl (C=O) groups is 1. The monoisotopic (exact) mass is 308 g/mol. The fraction of sp³-hybridized carbons (Fsp3) is 0.529. The minimum atomic E-state index is -0.833. The number of benzene rings is 1. The molecule has 22 heavy (non-hydrogen) atoms. The Morgan fingerprint density at radius 2 is 1.82 bits per heavy atom. The van der Waals surface area contributed by atoms with Gasteiger partial charge in [-0.05, 0) is 24.5 Å². The number of aliphatic carboxylic acids is 1. The third-order valence-corrected chi connectivity index (χ3v) is 2.87. The Bertz CT molecular complexity index is 467. The first-order valence-corrected chi connectivity index (χ1v) is 7.60. The van der Waals surface area contributed by atoms with Crippen LogP contribution in [0, 0.1) is 0 Å². The quantitative estimate of drug-likeness (QED) is 0.600. The Hall–Kier alpha value is -1.88. The zero-order valence-corrected chi connectivity index (χ0v) is 14.4. The van der Waals surface area contributed by atoms with Crippen LogP contribution in [-0.4, -0.2) is 36.0 Å². The Labute approximate surface area is 133 Å². The molecule has 1 aromatic rings. The van der Waals surface area contributed by atoms with Crippen molar-refractivity contribution in [2.24, 2.45) is 5.16 Å². The first kappa shape index (κ1) is 20.1. The summed E-state index contributed by atoms with van der Waals surface area (Å²) in [7, 11) is 1.51. The van der Waals surface area contributed by atoms with E-state index in [0.717, 1.165) is 16.8 Å². The van der Waals surface area contributed by atoms with Crippen molar-refractivity contribution in [1.82, 2.24) is 5.32 Å². The highest BCUT2D eigenvalue weighted by Gasteiger charge is 2.18. The van der Waals surface area contributed by atoms with E-state index in [1.807, 2.05) is 58.9 Å². The van der Waals surface area contributed by atoms with Gasteiger partial charge in [-0.15, -0.1) is 0 Å². The lowest BCUT2D eigenvalue weighted by Crippen LogP contribution is -2.42. The minimum Gasteiger partial charge on any atom is -0.480 e. The minimum absolute atomic E-state index is 0.131. The predicted molar refractivity (Wildman–Crippen MR) is 90.4 cm³/mol. The van der Waals surface area contributed by atoms with Crippen molar-refractivity contribution in [3.63, 3.8) is 0 Å². The number of nitrogens with zero attached hydrogens (tertiary/aromatic N) is 1. The fourth-order valence-electron chi connectivity index (χ4n) is 1.93. The topological polar surface area (TPSA) is 70.9 Å². The highest BCUT2D eigenvalue weighted by molar-refractivity contribution is 5.98. The average molecular weight is 308 g/mol. The van der Waals surface area contributed by atoms with Crippen LogP contribution in [0.5, 0.6) is 0 Å². The summed E-state index contributed by atoms with van der Waals surface area (Å²) in [6.07, 6.45) is 0.453. The van der Waals surface area contributed by atoms with E-state index in [1.165, 1.54) is 7.11 Å². The maximum absolute atomic E-state index is 11.2. The van der Waals surface area contributed by atoms with Gasteiger partial charge in [-0.1, -0.05) is 57.1 Å². The molecular formula is C17H28N2O3. The van der Waals surface area contributed by atoms with Gasteiger partial charge in [-0.3, -0.25) is 4.79 Å². The molecule has 0 bridgehead atoms. The van der Waals surface area contributed by atoms with Gasteiger partial charge in [0.05, 0.1) is 5.71 Å². The summed E-state index contributed by atoms with van der Waals surface area (Å²) in [6.45, 7) is 9.73. The highest BCUT2D eigenvalue weighted by Crippen LogP contribution is 2.09. The first-order valence-electron chi connectivity index (χ1n) is 7.60. The number of carboxylic acids is 1. The molecule has 124 valence electrons. The second kappa shape index (κ2) is 10.8. The molecule has 0 radical (unpaired) electrons. The highest BCUT2D eigenvalue weighted by atomic mass is 16.6. The lowest BCUT2D eigenvalue weighted by molar-refractivity contribution is -0.139. The number of hydrogen-bond donors (Lipinski definition) is 2. The van der Waals surface area contributed by atoms with E-state index in [1.54, 1.807) is 0 Å². The molecule has 0 aliphatic heterocycles. The van der Waals surface area contributed by atoms with Crippen LogP contribution in [0.15, 0.2) is 29.4 Å². The van der Waals surface area contributed by atoms with Gasteiger partial charge in [-0.25, -0.2) is 0 Å². The van der Waals surface area contributed by atoms with Crippen LogP contribution in [0.4, 0.5) is 0 Å². The molecule has 0 spiro atoms. The Balaban J connectivity index is 0.00000211. The largest absolute Gasteiger partial charge is 0.480 e. The molecule has 1 atom stereocenters. The maximum atomic E-state index is 11.2. The molecule has 0 saturated carbocycles. The maximum Gasteiger partial charge on any atom is 0.321 e. The van der Waals surface area contributed by atoms with Crippen molar-refractivity contribution >= 4 is 11.7 Å². The zero-order chi connectivity index (χ0) is 17.1. The first-order chi connectivity index (χ1) is 10.4. The second-order valence-electron chi connectivity index (χ2n) is 4.97. The molecule has 0 saturated heterocycles. The van der Waals surface area contributed by atoms with Crippen LogP contribution < -0.4 is 5.32 Å². The molecule has 5 nitrogen and oxygen atoms in total. The van der Waals surface area contributed by atoms with Crippen molar-refractivity contribution in [3.05, 3.63) is 35.4 Å². The van der Waals surface area contributed by atoms with Gasteiger partial charge < -0.3 is 15.3 Å². The fourth-order valence-corrected chi connectivity index (χ4v) is 1.93. The van der Waals surface area contributed by atoms with Gasteiger partial charge in [-0.2, -0.15) is 0 Å². The van der Waals surface area contributed by atoms with Crippen LogP contribution in [-0.2, 0) is 16.1 Å². The van der Waals surface area contributed by atoms with E-state index in [0.29, 0.717) is 6.42 Å². The summed E-state index contributed by atoms with van der Waals surface area (Å²) in [6, 6.07) is 7.23. The summed E-state index contributed by atoms with van der Waals surface area (Å²) in [5.41, 5.74) is 2.72. The van der Waals surface area contributed by atoms with Gasteiger partial charge >= 0.3 is 5.97 Å². The third kappa shape index (κ3) is 7.22. The molecule has 1 rings (SSSR count). The lowest BCUT2D eigenvalue weighted by Gasteiger charge is -2.17. The van der Waals surface area contributed by atoms with E-state index in [4.69, 9.17) is 4.84 Å². The van der Waals surface area contributed by atoms with Gasteiger partial charge in [0.1, 0.15) is 13.2 Å². The van der Waals surface area contributed by atoms with Gasteiger partial charge in [0.15, 0.2) is 0 Å². The summed E-state index contributed by atoms with van der Waals surface area (Å²) in [5, 5.41) is 16.1. The molecular weight excluding hydrogens is 280 g/mol. The standard InChI is InChI=1S/C15H22N2O3.C2H6/c1-10(2)16-14(15(18)19)9-12-5-7-13(8-6-12)11(3)17-20-4;1-2/h5-8,10,14,16H,9H2,1-4H3,(H,18,19);1-2H3/b17-11-;. The Morgan fingerprint density at radius 3 is 2.23 bits per heavy atom. The van der Waals surface area contributed by atoms with E-state index in [2.05, 4.69) is 10.5 Å². The lowest BCUT2D eigenvalue weighted by atomic mass is 10.0. The van der Waals surface area contributed by atoms with E-state index >= 15 is 0 Å². The summed E-state index contributed by atoms with van der Waals surface area (Å²) in [5.74, 6) is -0.833. The molecule has 1 unspecified atom stereocenters. The van der Waals surface area contributed by atoms with E-state index in [-0.39, 0.29) is 6.04 Å². The van der Waals surface area contributed by atoms with E-state index < -0.39 is 12.0 Å². The third-order valence-electron chi connectivity index (χ3n) is 2.87. The number of carboxylic acid groups (broad SMARTS) is 1. The van der Waals surface area contributed by atoms with Crippen LogP contribution in [0.1, 0.15) is 45.7 Å². The summed E-state index contributed by atoms with van der Waals surface area (Å²) in [4.78, 5) is 15.9. The predicted octanol–water partition coefficient (Wildman–Crippen LogP) is 3.08. The van der Waals surface area contributed by atoms with Gasteiger partial charge in [0.2, 0.25) is 0 Å². The number of nitrogens with one attached hydrogen (secondary N) is 1. The normalized spacial score (nSPS) is 12.4. The number of oxime groups is 1. The number of rotatable bonds is 7. The number of hydrogen-bond acceptors (Lipinski definition) is 4. The molecule has 0 aromatic heterocycles. The van der Waals surface area contributed by atoms with Crippen LogP contribution in [0.2, 0.25) is 0 Å². The summed E-state index contributed by atoms with van der Waals surface area (Å²) >= 11 is 0. The van der Waals surface area contributed by atoms with Gasteiger partial charge in [0, 0.05) is 6.04 Å². The van der Waals surface area contributed by atoms with E-state index in [9.17, 15) is 9.90 Å². The van der Waals surface area contributed by atoms with Gasteiger partial charge in [0.25, 0.3) is 0 Å². The van der Waals surface area contributed by atoms with Crippen molar-refractivity contribution in [2.45, 2.75) is 53.1 Å². The molecule has 0 fully saturated rings. The van der Waals surface area contributed by atoms with Crippen LogP contribution in [0.3, 0.4) is 0 Å². The molecule has 2 N–H and O–H groups in total. The van der Waals surface area contributed by atoms with Crippen LogP contribution >= 0.6 is 0 Å². The molecule has 1 aromatic carbocycles. The molecule has 0 heterocycles. The molecule has 0 amide bonds. The Morgan fingerprint density at radius 1 is 1.27 bits per heavy atom. The zero-order valence-electron chi connectivity index (χ0n) is 14.4. The van der Waals surface area contributed by atoms with Crippen molar-refractivity contribution in [3.8, 4) is 0 Å². The summed E-state index contributed by atoms with van der Waals surface area (Å²) < 4.78 is 0. The average Bonchev–Trinajstić information content (AvgIpc) is 2.49. The van der Waals surface area contributed by atoms with Crippen LogP contribution in [0.25, 0.3) is 0 Å². The van der Waals surface area contributed by atoms with Crippen molar-refractivity contribution in [1.29, 1.82) is 0 Å². The molecule has 5 heteroatoms.